The van der Waals surface area contributed by atoms with Gasteiger partial charge in [0, 0.05) is 24.1 Å². The fourth-order valence-electron chi connectivity index (χ4n) is 1.21. The van der Waals surface area contributed by atoms with Gasteiger partial charge in [0.15, 0.2) is 0 Å². The minimum atomic E-state index is -0.429. The summed E-state index contributed by atoms with van der Waals surface area (Å²) in [5.74, 6) is -1.14. The number of methoxy groups -OCH3 is 1. The van der Waals surface area contributed by atoms with E-state index in [1.54, 1.807) is 0 Å². The lowest BCUT2D eigenvalue weighted by atomic mass is 10.1. The Morgan fingerprint density at radius 3 is 2.27 bits per heavy atom. The molecule has 0 spiro atoms. The molecule has 0 saturated heterocycles. The van der Waals surface area contributed by atoms with E-state index < -0.39 is 5.97 Å². The minimum Gasteiger partial charge on any atom is -0.508 e. The van der Waals surface area contributed by atoms with Crippen LogP contribution in [0.3, 0.4) is 0 Å². The van der Waals surface area contributed by atoms with Crippen molar-refractivity contribution in [1.29, 1.82) is 0 Å². The van der Waals surface area contributed by atoms with Gasteiger partial charge < -0.3 is 20.1 Å². The Bertz CT molecular complexity index is 349. The molecular weight excluding hydrogens is 200 g/mol. The minimum absolute atomic E-state index is 0.0579. The Balaban J connectivity index is 2.81. The van der Waals surface area contributed by atoms with E-state index in [0.717, 1.165) is 12.1 Å². The summed E-state index contributed by atoms with van der Waals surface area (Å²) in [7, 11) is 1.26. The molecule has 5 heteroatoms. The maximum atomic E-state index is 10.8. The maximum Gasteiger partial charge on any atom is 0.305 e. The number of phenolic OH excluding ortho intramolecular Hbond substituents is 3. The standard InChI is InChI=1S/C10H12O5/c1-15-10(14)3-2-7-8(12)4-6(11)5-9(7)13/h4-5,11-13H,2-3H2,1H3. The van der Waals surface area contributed by atoms with Crippen LogP contribution in [0.2, 0.25) is 0 Å². The SMILES string of the molecule is COC(=O)CCc1c(O)cc(O)cc1O. The Morgan fingerprint density at radius 2 is 1.80 bits per heavy atom. The fraction of sp³-hybridized carbons (Fsp3) is 0.300. The molecule has 0 amide bonds. The van der Waals surface area contributed by atoms with E-state index in [1.807, 2.05) is 0 Å². The molecule has 0 fully saturated rings. The highest BCUT2D eigenvalue weighted by Crippen LogP contribution is 2.32. The van der Waals surface area contributed by atoms with Crippen molar-refractivity contribution in [2.75, 3.05) is 7.11 Å². The van der Waals surface area contributed by atoms with E-state index >= 15 is 0 Å². The predicted molar refractivity (Wildman–Crippen MR) is 51.8 cm³/mol. The molecule has 5 nitrogen and oxygen atoms in total. The quantitative estimate of drug-likeness (QED) is 0.648. The fourth-order valence-corrected chi connectivity index (χ4v) is 1.21. The highest BCUT2D eigenvalue weighted by atomic mass is 16.5. The molecule has 82 valence electrons. The monoisotopic (exact) mass is 212 g/mol. The molecule has 0 bridgehead atoms. The van der Waals surface area contributed by atoms with Crippen molar-refractivity contribution in [1.82, 2.24) is 0 Å². The van der Waals surface area contributed by atoms with Crippen molar-refractivity contribution < 1.29 is 24.9 Å². The first-order valence-corrected chi connectivity index (χ1v) is 4.35. The Labute approximate surface area is 86.5 Å². The number of hydrogen-bond donors (Lipinski definition) is 3. The molecule has 0 aliphatic rings. The summed E-state index contributed by atoms with van der Waals surface area (Å²) in [4.78, 5) is 10.8. The van der Waals surface area contributed by atoms with Gasteiger partial charge in [-0.1, -0.05) is 0 Å². The van der Waals surface area contributed by atoms with Crippen LogP contribution in [-0.2, 0) is 16.0 Å². The second kappa shape index (κ2) is 4.54. The zero-order chi connectivity index (χ0) is 11.4. The van der Waals surface area contributed by atoms with Gasteiger partial charge in [0.2, 0.25) is 0 Å². The van der Waals surface area contributed by atoms with Gasteiger partial charge in [0.1, 0.15) is 17.2 Å². The molecule has 0 aliphatic carbocycles. The van der Waals surface area contributed by atoms with Crippen LogP contribution in [0.4, 0.5) is 0 Å². The highest BCUT2D eigenvalue weighted by Gasteiger charge is 2.11. The van der Waals surface area contributed by atoms with Gasteiger partial charge in [-0.2, -0.15) is 0 Å². The second-order valence-electron chi connectivity index (χ2n) is 3.04. The molecular formula is C10H12O5. The van der Waals surface area contributed by atoms with Crippen LogP contribution < -0.4 is 0 Å². The smallest absolute Gasteiger partial charge is 0.305 e. The zero-order valence-corrected chi connectivity index (χ0v) is 8.23. The van der Waals surface area contributed by atoms with Crippen molar-refractivity contribution in [3.8, 4) is 17.2 Å². The molecule has 0 saturated carbocycles. The number of hydrogen-bond acceptors (Lipinski definition) is 5. The van der Waals surface area contributed by atoms with Crippen LogP contribution in [0.5, 0.6) is 17.2 Å². The van der Waals surface area contributed by atoms with Gasteiger partial charge in [0.05, 0.1) is 7.11 Å². The van der Waals surface area contributed by atoms with Crippen molar-refractivity contribution in [2.45, 2.75) is 12.8 Å². The van der Waals surface area contributed by atoms with Crippen molar-refractivity contribution in [3.05, 3.63) is 17.7 Å². The molecule has 0 heterocycles. The van der Waals surface area contributed by atoms with Gasteiger partial charge >= 0.3 is 5.97 Å². The van der Waals surface area contributed by atoms with E-state index in [4.69, 9.17) is 5.11 Å². The summed E-state index contributed by atoms with van der Waals surface area (Å²) in [6.07, 6.45) is 0.215. The first kappa shape index (κ1) is 11.2. The molecule has 1 rings (SSSR count). The van der Waals surface area contributed by atoms with Crippen LogP contribution in [-0.4, -0.2) is 28.4 Å². The van der Waals surface area contributed by atoms with E-state index in [2.05, 4.69) is 4.74 Å². The Hall–Kier alpha value is -1.91. The third-order valence-electron chi connectivity index (χ3n) is 1.99. The average Bonchev–Trinajstić information content (AvgIpc) is 2.15. The molecule has 0 unspecified atom stereocenters. The number of benzene rings is 1. The number of phenols is 3. The van der Waals surface area contributed by atoms with E-state index in [1.165, 1.54) is 7.11 Å². The molecule has 1 aromatic carbocycles. The van der Waals surface area contributed by atoms with Gasteiger partial charge in [-0.25, -0.2) is 0 Å². The van der Waals surface area contributed by atoms with Gasteiger partial charge in [-0.15, -0.1) is 0 Å². The van der Waals surface area contributed by atoms with Crippen LogP contribution in [0.15, 0.2) is 12.1 Å². The number of rotatable bonds is 3. The number of aromatic hydroxyl groups is 3. The number of carbonyl (C=O) groups excluding carboxylic acids is 1. The summed E-state index contributed by atoms with van der Waals surface area (Å²) in [6, 6.07) is 2.21. The third-order valence-corrected chi connectivity index (χ3v) is 1.99. The Kier molecular flexibility index (Phi) is 3.38. The van der Waals surface area contributed by atoms with Crippen molar-refractivity contribution in [2.24, 2.45) is 0 Å². The molecule has 0 radical (unpaired) electrons. The molecule has 3 N–H and O–H groups in total. The maximum absolute atomic E-state index is 10.8. The van der Waals surface area contributed by atoms with Gasteiger partial charge in [-0.3, -0.25) is 4.79 Å². The van der Waals surface area contributed by atoms with E-state index in [9.17, 15) is 15.0 Å². The first-order valence-electron chi connectivity index (χ1n) is 4.35. The Morgan fingerprint density at radius 1 is 1.27 bits per heavy atom. The van der Waals surface area contributed by atoms with Crippen LogP contribution in [0, 0.1) is 0 Å². The molecule has 15 heavy (non-hydrogen) atoms. The summed E-state index contributed by atoms with van der Waals surface area (Å²) in [5, 5.41) is 27.8. The third kappa shape index (κ3) is 2.77. The summed E-state index contributed by atoms with van der Waals surface area (Å²) < 4.78 is 4.42. The predicted octanol–water partition coefficient (Wildman–Crippen LogP) is 0.909. The average molecular weight is 212 g/mol. The lowest BCUT2D eigenvalue weighted by Gasteiger charge is -2.07. The van der Waals surface area contributed by atoms with Gasteiger partial charge in [0.25, 0.3) is 0 Å². The van der Waals surface area contributed by atoms with E-state index in [-0.39, 0.29) is 35.7 Å². The molecule has 0 aliphatic heterocycles. The van der Waals surface area contributed by atoms with Crippen molar-refractivity contribution >= 4 is 5.97 Å². The van der Waals surface area contributed by atoms with Crippen LogP contribution in [0.25, 0.3) is 0 Å². The number of ether oxygens (including phenoxy) is 1. The van der Waals surface area contributed by atoms with Crippen molar-refractivity contribution in [3.63, 3.8) is 0 Å². The second-order valence-corrected chi connectivity index (χ2v) is 3.04. The highest BCUT2D eigenvalue weighted by molar-refractivity contribution is 5.70. The molecule has 0 atom stereocenters. The summed E-state index contributed by atoms with van der Waals surface area (Å²) >= 11 is 0. The van der Waals surface area contributed by atoms with Crippen LogP contribution in [0.1, 0.15) is 12.0 Å². The number of carbonyl (C=O) groups is 1. The zero-order valence-electron chi connectivity index (χ0n) is 8.23. The van der Waals surface area contributed by atoms with Crippen LogP contribution >= 0.6 is 0 Å². The lowest BCUT2D eigenvalue weighted by Crippen LogP contribution is -2.02. The first-order chi connectivity index (χ1) is 7.04. The largest absolute Gasteiger partial charge is 0.508 e. The summed E-state index contributed by atoms with van der Waals surface area (Å²) in [5.41, 5.74) is 0.221. The topological polar surface area (TPSA) is 87.0 Å². The van der Waals surface area contributed by atoms with Gasteiger partial charge in [-0.05, 0) is 6.42 Å². The molecule has 0 aromatic heterocycles. The van der Waals surface area contributed by atoms with E-state index in [0.29, 0.717) is 0 Å². The lowest BCUT2D eigenvalue weighted by molar-refractivity contribution is -0.140. The molecule has 1 aromatic rings. The summed E-state index contributed by atoms with van der Waals surface area (Å²) in [6.45, 7) is 0. The number of esters is 1. The normalized spacial score (nSPS) is 9.93.